The second kappa shape index (κ2) is 19.4. The summed E-state index contributed by atoms with van der Waals surface area (Å²) in [6, 6.07) is 0. The molecule has 0 saturated heterocycles. The minimum Gasteiger partial charge on any atom is -0.465 e. The van der Waals surface area contributed by atoms with Crippen LogP contribution in [0.5, 0.6) is 0 Å². The van der Waals surface area contributed by atoms with E-state index in [1.807, 2.05) is 13.8 Å². The number of aliphatic hydroxyl groups is 1. The molecule has 0 aliphatic carbocycles. The first-order chi connectivity index (χ1) is 17.4. The number of ether oxygens (including phenoxy) is 4. The zero-order valence-corrected chi connectivity index (χ0v) is 23.4. The van der Waals surface area contributed by atoms with Crippen molar-refractivity contribution >= 4 is 39.8 Å². The highest BCUT2D eigenvalue weighted by Gasteiger charge is 2.34. The van der Waals surface area contributed by atoms with Crippen LogP contribution >= 0.6 is 11.8 Å². The molecule has 37 heavy (non-hydrogen) atoms. The smallest absolute Gasteiger partial charge is 0.330 e. The van der Waals surface area contributed by atoms with Crippen LogP contribution in [0.1, 0.15) is 46.5 Å². The van der Waals surface area contributed by atoms with Crippen LogP contribution in [0, 0.1) is 11.3 Å². The predicted molar refractivity (Wildman–Crippen MR) is 136 cm³/mol. The lowest BCUT2D eigenvalue weighted by molar-refractivity contribution is -0.163. The Morgan fingerprint density at radius 3 is 2.38 bits per heavy atom. The molecule has 3 atom stereocenters. The summed E-state index contributed by atoms with van der Waals surface area (Å²) in [5.74, 6) is -1.60. The molecule has 0 amide bonds. The van der Waals surface area contributed by atoms with Gasteiger partial charge < -0.3 is 24.1 Å². The van der Waals surface area contributed by atoms with Crippen molar-refractivity contribution in [1.82, 2.24) is 0 Å². The van der Waals surface area contributed by atoms with Gasteiger partial charge >= 0.3 is 17.9 Å². The number of rotatable bonds is 22. The third kappa shape index (κ3) is 18.2. The molecule has 12 nitrogen and oxygen atoms in total. The fraction of sp³-hybridized carbons (Fsp3) is 0.783. The quantitative estimate of drug-likeness (QED) is 0.0482. The molecule has 0 bridgehead atoms. The zero-order valence-electron chi connectivity index (χ0n) is 21.7. The number of thioether (sulfide) groups is 1. The van der Waals surface area contributed by atoms with E-state index in [1.165, 1.54) is 18.7 Å². The van der Waals surface area contributed by atoms with Crippen LogP contribution in [0.4, 0.5) is 0 Å². The summed E-state index contributed by atoms with van der Waals surface area (Å²) in [4.78, 5) is 36.4. The van der Waals surface area contributed by atoms with Crippen LogP contribution in [0.2, 0.25) is 0 Å². The Balaban J connectivity index is 5.21. The lowest BCUT2D eigenvalue weighted by atomic mass is 9.88. The molecule has 0 radical (unpaired) electrons. The maximum absolute atomic E-state index is 12.7. The number of hydrogen-bond donors (Lipinski definition) is 2. The molecule has 14 heteroatoms. The van der Waals surface area contributed by atoms with E-state index in [0.717, 1.165) is 12.5 Å². The van der Waals surface area contributed by atoms with Crippen LogP contribution in [0.15, 0.2) is 12.7 Å². The number of carbonyl (C=O) groups is 3. The molecule has 0 aromatic rings. The Hall–Kier alpha value is -1.71. The van der Waals surface area contributed by atoms with E-state index in [4.69, 9.17) is 29.3 Å². The van der Waals surface area contributed by atoms with Crippen molar-refractivity contribution in [1.29, 1.82) is 0 Å². The van der Waals surface area contributed by atoms with Gasteiger partial charge in [-0.3, -0.25) is 9.59 Å². The Morgan fingerprint density at radius 2 is 1.78 bits per heavy atom. The summed E-state index contributed by atoms with van der Waals surface area (Å²) in [7, 11) is -4.39. The molecule has 0 aliphatic heterocycles. The average Bonchev–Trinajstić information content (AvgIpc) is 2.85. The maximum Gasteiger partial charge on any atom is 0.330 e. The fourth-order valence-corrected chi connectivity index (χ4v) is 4.20. The van der Waals surface area contributed by atoms with Crippen molar-refractivity contribution in [3.63, 3.8) is 0 Å². The van der Waals surface area contributed by atoms with Crippen molar-refractivity contribution in [2.24, 2.45) is 11.3 Å². The molecular weight excluding hydrogens is 532 g/mol. The Kier molecular flexibility index (Phi) is 18.5. The van der Waals surface area contributed by atoms with E-state index in [9.17, 15) is 22.8 Å². The van der Waals surface area contributed by atoms with Gasteiger partial charge in [-0.15, -0.1) is 4.33 Å². The first-order valence-corrected chi connectivity index (χ1v) is 14.6. The van der Waals surface area contributed by atoms with Gasteiger partial charge in [0.05, 0.1) is 19.4 Å². The normalized spacial score (nSPS) is 14.7. The number of hydrogen-bond acceptors (Lipinski definition) is 13. The highest BCUT2D eigenvalue weighted by atomic mass is 32.2. The van der Waals surface area contributed by atoms with Crippen LogP contribution < -0.4 is 0 Å². The molecule has 0 aromatic carbocycles. The number of carbonyl (C=O) groups excluding carboxylic acids is 3. The van der Waals surface area contributed by atoms with Gasteiger partial charge in [0.25, 0.3) is 10.1 Å². The molecule has 2 N–H and O–H groups in total. The summed E-state index contributed by atoms with van der Waals surface area (Å²) in [6.45, 7) is 8.26. The van der Waals surface area contributed by atoms with Crippen molar-refractivity contribution in [2.45, 2.75) is 52.6 Å². The molecule has 0 heterocycles. The summed E-state index contributed by atoms with van der Waals surface area (Å²) in [5.41, 5.74) is -1.19. The minimum atomic E-state index is -4.39. The Morgan fingerprint density at radius 1 is 1.11 bits per heavy atom. The fourth-order valence-electron chi connectivity index (χ4n) is 2.67. The van der Waals surface area contributed by atoms with Gasteiger partial charge in [0.15, 0.2) is 0 Å². The van der Waals surface area contributed by atoms with Gasteiger partial charge in [0, 0.05) is 30.5 Å². The lowest BCUT2D eigenvalue weighted by Gasteiger charge is -2.28. The molecule has 0 aromatic heterocycles. The third-order valence-corrected chi connectivity index (χ3v) is 7.06. The molecule has 0 saturated carbocycles. The second-order valence-corrected chi connectivity index (χ2v) is 11.7. The molecule has 216 valence electrons. The number of aliphatic hydroxyl groups excluding tert-OH is 1. The largest absolute Gasteiger partial charge is 0.465 e. The first-order valence-electron chi connectivity index (χ1n) is 11.9. The van der Waals surface area contributed by atoms with Crippen LogP contribution in [-0.2, 0) is 47.8 Å². The van der Waals surface area contributed by atoms with Crippen molar-refractivity contribution in [3.05, 3.63) is 12.7 Å². The van der Waals surface area contributed by atoms with Crippen LogP contribution in [0.25, 0.3) is 0 Å². The highest BCUT2D eigenvalue weighted by Crippen LogP contribution is 2.25. The highest BCUT2D eigenvalue weighted by molar-refractivity contribution is 7.99. The van der Waals surface area contributed by atoms with Gasteiger partial charge in [0.1, 0.15) is 25.1 Å². The van der Waals surface area contributed by atoms with Crippen LogP contribution in [0.3, 0.4) is 0 Å². The molecular formula is C23H40O12S2. The molecule has 0 rings (SSSR count). The van der Waals surface area contributed by atoms with E-state index < -0.39 is 51.7 Å². The van der Waals surface area contributed by atoms with E-state index >= 15 is 0 Å². The summed E-state index contributed by atoms with van der Waals surface area (Å²) >= 11 is 1.49. The molecule has 0 aliphatic rings. The molecule has 0 fully saturated rings. The van der Waals surface area contributed by atoms with E-state index in [1.54, 1.807) is 0 Å². The van der Waals surface area contributed by atoms with E-state index in [2.05, 4.69) is 10.9 Å². The molecule has 3 unspecified atom stereocenters. The standard InChI is InChI=1S/C23H40O12S2/c1-5-18(3)13-31-14-19(15-37(29,30)35-28)34-22(27)12-23(4,16-32-20(25)6-2)17-33-21(26)8-11-36-10-7-9-24/h6,18-19,24,28H,2,5,7-17H2,1,3-4H3. The number of esters is 3. The van der Waals surface area contributed by atoms with E-state index in [0.29, 0.717) is 24.5 Å². The summed E-state index contributed by atoms with van der Waals surface area (Å²) in [6.07, 6.45) is 0.815. The summed E-state index contributed by atoms with van der Waals surface area (Å²) in [5, 5.41) is 17.4. The first kappa shape index (κ1) is 35.3. The van der Waals surface area contributed by atoms with Crippen molar-refractivity contribution < 1.29 is 56.4 Å². The topological polar surface area (TPSA) is 172 Å². The van der Waals surface area contributed by atoms with Gasteiger partial charge in [-0.05, 0) is 18.1 Å². The second-order valence-electron chi connectivity index (χ2n) is 8.86. The molecule has 0 spiro atoms. The zero-order chi connectivity index (χ0) is 28.3. The predicted octanol–water partition coefficient (Wildman–Crippen LogP) is 1.95. The van der Waals surface area contributed by atoms with E-state index in [-0.39, 0.29) is 38.8 Å². The van der Waals surface area contributed by atoms with Crippen LogP contribution in [-0.4, -0.2) is 93.1 Å². The maximum atomic E-state index is 12.7. The Bertz CT molecular complexity index is 802. The van der Waals surface area contributed by atoms with Crippen molar-refractivity contribution in [3.8, 4) is 0 Å². The lowest BCUT2D eigenvalue weighted by Crippen LogP contribution is -2.37. The summed E-state index contributed by atoms with van der Waals surface area (Å²) < 4.78 is 48.0. The van der Waals surface area contributed by atoms with Gasteiger partial charge in [-0.25, -0.2) is 10.1 Å². The van der Waals surface area contributed by atoms with Gasteiger partial charge in [-0.2, -0.15) is 20.2 Å². The van der Waals surface area contributed by atoms with Gasteiger partial charge in [-0.1, -0.05) is 33.8 Å². The monoisotopic (exact) mass is 572 g/mol. The minimum absolute atomic E-state index is 0.0686. The third-order valence-electron chi connectivity index (χ3n) is 4.98. The van der Waals surface area contributed by atoms with Crippen molar-refractivity contribution in [2.75, 3.05) is 50.3 Å². The SMILES string of the molecule is C=CC(=O)OCC(C)(COC(=O)CCSCCCO)CC(=O)OC(COCC(C)CC)CS(=O)(=O)OO. The Labute approximate surface area is 223 Å². The average molecular weight is 573 g/mol. The van der Waals surface area contributed by atoms with Gasteiger partial charge in [0.2, 0.25) is 0 Å².